The average molecular weight is 402 g/mol. The van der Waals surface area contributed by atoms with E-state index in [9.17, 15) is 10.1 Å². The largest absolute Gasteiger partial charge is 0.438 e. The van der Waals surface area contributed by atoms with Gasteiger partial charge in [0, 0.05) is 23.9 Å². The van der Waals surface area contributed by atoms with E-state index >= 15 is 0 Å². The Labute approximate surface area is 168 Å². The molecule has 0 fully saturated rings. The molecule has 30 heavy (non-hydrogen) atoms. The molecule has 0 atom stereocenters. The number of nitro groups is 1. The third-order valence-electron chi connectivity index (χ3n) is 4.62. The van der Waals surface area contributed by atoms with E-state index in [1.165, 1.54) is 12.1 Å². The fourth-order valence-electron chi connectivity index (χ4n) is 3.18. The van der Waals surface area contributed by atoms with Gasteiger partial charge in [-0.3, -0.25) is 10.1 Å². The monoisotopic (exact) mass is 402 g/mol. The Hall–Kier alpha value is -4.34. The molecular weight excluding hydrogens is 388 g/mol. The summed E-state index contributed by atoms with van der Waals surface area (Å²) in [6.07, 6.45) is 3.53. The van der Waals surface area contributed by atoms with Gasteiger partial charge in [0.05, 0.1) is 27.5 Å². The van der Waals surface area contributed by atoms with Crippen molar-refractivity contribution in [2.24, 2.45) is 0 Å². The lowest BCUT2D eigenvalue weighted by molar-refractivity contribution is -0.385. The van der Waals surface area contributed by atoms with Crippen LogP contribution in [0, 0.1) is 10.1 Å². The second-order valence-corrected chi connectivity index (χ2v) is 6.50. The molecule has 0 aliphatic carbocycles. The van der Waals surface area contributed by atoms with Crippen molar-refractivity contribution in [3.8, 4) is 23.2 Å². The summed E-state index contributed by atoms with van der Waals surface area (Å²) in [5, 5.41) is 16.4. The molecule has 10 nitrogen and oxygen atoms in total. The first-order chi connectivity index (χ1) is 14.6. The van der Waals surface area contributed by atoms with Crippen molar-refractivity contribution in [1.29, 1.82) is 0 Å². The number of aromatic amines is 1. The predicted molar refractivity (Wildman–Crippen MR) is 107 cm³/mol. The van der Waals surface area contributed by atoms with Crippen LogP contribution in [0.1, 0.15) is 12.7 Å². The van der Waals surface area contributed by atoms with E-state index in [1.807, 2.05) is 25.1 Å². The van der Waals surface area contributed by atoms with Gasteiger partial charge >= 0.3 is 0 Å². The highest BCUT2D eigenvalue weighted by Gasteiger charge is 2.16. The molecule has 5 rings (SSSR count). The number of benzene rings is 1. The molecule has 1 N–H and O–H groups in total. The van der Waals surface area contributed by atoms with Crippen molar-refractivity contribution in [2.45, 2.75) is 13.3 Å². The van der Waals surface area contributed by atoms with Gasteiger partial charge in [0.25, 0.3) is 11.6 Å². The maximum Gasteiger partial charge on any atom is 0.287 e. The molecule has 0 unspecified atom stereocenters. The lowest BCUT2D eigenvalue weighted by atomic mass is 10.1. The molecule has 5 aromatic rings. The van der Waals surface area contributed by atoms with Crippen LogP contribution in [0.2, 0.25) is 0 Å². The Balaban J connectivity index is 1.60. The Morgan fingerprint density at radius 1 is 1.17 bits per heavy atom. The number of nitrogens with one attached hydrogen (secondary N) is 1. The van der Waals surface area contributed by atoms with Crippen LogP contribution in [0.5, 0.6) is 11.6 Å². The Morgan fingerprint density at radius 3 is 2.80 bits per heavy atom. The minimum absolute atomic E-state index is 0.102. The number of fused-ring (bicyclic) bond motifs is 3. The number of aromatic nitrogens is 5. The highest BCUT2D eigenvalue weighted by atomic mass is 16.6. The van der Waals surface area contributed by atoms with Crippen LogP contribution in [0.4, 0.5) is 5.69 Å². The van der Waals surface area contributed by atoms with E-state index in [0.29, 0.717) is 29.6 Å². The zero-order chi connectivity index (χ0) is 20.7. The number of hydrogen-bond donors (Lipinski definition) is 1. The van der Waals surface area contributed by atoms with Crippen LogP contribution >= 0.6 is 0 Å². The number of nitrogens with zero attached hydrogens (tertiary/aromatic N) is 5. The third-order valence-corrected chi connectivity index (χ3v) is 4.62. The summed E-state index contributed by atoms with van der Waals surface area (Å²) >= 11 is 0. The standard InChI is InChI=1S/C20H14N6O4/c1-2-17-24-20(30-25-17)14-8-12-15(10-21-14)23-13-4-3-5-16(19(12)13)29-18-7-6-11(9-22-18)26(27)28/h3-10,23H,2H2,1H3. The van der Waals surface area contributed by atoms with Gasteiger partial charge in [-0.25, -0.2) is 9.97 Å². The number of H-pyrrole nitrogens is 1. The van der Waals surface area contributed by atoms with E-state index in [1.54, 1.807) is 12.3 Å². The lowest BCUT2D eigenvalue weighted by Gasteiger charge is -2.06. The van der Waals surface area contributed by atoms with Crippen LogP contribution in [0.15, 0.2) is 53.3 Å². The van der Waals surface area contributed by atoms with Gasteiger partial charge in [0.1, 0.15) is 17.6 Å². The first kappa shape index (κ1) is 17.7. The summed E-state index contributed by atoms with van der Waals surface area (Å²) in [6.45, 7) is 1.95. The van der Waals surface area contributed by atoms with Gasteiger partial charge in [0.2, 0.25) is 5.88 Å². The number of rotatable bonds is 5. The maximum atomic E-state index is 10.8. The first-order valence-electron chi connectivity index (χ1n) is 9.14. The predicted octanol–water partition coefficient (Wildman–Crippen LogP) is 4.42. The molecule has 0 spiro atoms. The zero-order valence-electron chi connectivity index (χ0n) is 15.7. The highest BCUT2D eigenvalue weighted by molar-refractivity contribution is 6.11. The second-order valence-electron chi connectivity index (χ2n) is 6.50. The van der Waals surface area contributed by atoms with Gasteiger partial charge in [-0.1, -0.05) is 18.1 Å². The quantitative estimate of drug-likeness (QED) is 0.337. The molecule has 0 amide bonds. The summed E-state index contributed by atoms with van der Waals surface area (Å²) in [5.74, 6) is 1.76. The molecule has 0 saturated heterocycles. The van der Waals surface area contributed by atoms with Gasteiger partial charge in [-0.15, -0.1) is 0 Å². The second kappa shape index (κ2) is 6.92. The lowest BCUT2D eigenvalue weighted by Crippen LogP contribution is -1.92. The smallest absolute Gasteiger partial charge is 0.287 e. The molecule has 0 aliphatic rings. The van der Waals surface area contributed by atoms with Crippen LogP contribution < -0.4 is 4.74 Å². The minimum Gasteiger partial charge on any atom is -0.438 e. The molecule has 10 heteroatoms. The van der Waals surface area contributed by atoms with E-state index < -0.39 is 4.92 Å². The van der Waals surface area contributed by atoms with Crippen LogP contribution in [-0.4, -0.2) is 30.0 Å². The molecule has 0 bridgehead atoms. The Bertz CT molecular complexity index is 1390. The fourth-order valence-corrected chi connectivity index (χ4v) is 3.18. The average Bonchev–Trinajstić information content (AvgIpc) is 3.38. The normalized spacial score (nSPS) is 11.2. The molecule has 1 aromatic carbocycles. The van der Waals surface area contributed by atoms with Gasteiger partial charge in [-0.2, -0.15) is 4.98 Å². The summed E-state index contributed by atoms with van der Waals surface area (Å²) < 4.78 is 11.2. The van der Waals surface area contributed by atoms with Gasteiger partial charge in [-0.05, 0) is 18.2 Å². The first-order valence-corrected chi connectivity index (χ1v) is 9.14. The third kappa shape index (κ3) is 3.00. The van der Waals surface area contributed by atoms with E-state index in [-0.39, 0.29) is 11.6 Å². The van der Waals surface area contributed by atoms with Crippen molar-refractivity contribution < 1.29 is 14.2 Å². The van der Waals surface area contributed by atoms with Crippen LogP contribution in [-0.2, 0) is 6.42 Å². The molecule has 4 aromatic heterocycles. The van der Waals surface area contributed by atoms with Crippen molar-refractivity contribution in [1.82, 2.24) is 25.1 Å². The molecule has 0 saturated carbocycles. The SMILES string of the molecule is CCc1noc(-c2cc3c(cn2)[nH]c2cccc(Oc4ccc([N+](=O)[O-])cn4)c23)n1. The number of hydrogen-bond acceptors (Lipinski definition) is 8. The van der Waals surface area contributed by atoms with E-state index in [0.717, 1.165) is 28.0 Å². The summed E-state index contributed by atoms with van der Waals surface area (Å²) in [6, 6.07) is 10.2. The van der Waals surface area contributed by atoms with Crippen LogP contribution in [0.25, 0.3) is 33.4 Å². The molecule has 0 radical (unpaired) electrons. The fraction of sp³-hybridized carbons (Fsp3) is 0.100. The van der Waals surface area contributed by atoms with Crippen LogP contribution in [0.3, 0.4) is 0 Å². The summed E-state index contributed by atoms with van der Waals surface area (Å²) in [4.78, 5) is 26.4. The van der Waals surface area contributed by atoms with Crippen molar-refractivity contribution in [3.63, 3.8) is 0 Å². The molecule has 148 valence electrons. The van der Waals surface area contributed by atoms with Crippen molar-refractivity contribution in [3.05, 3.63) is 64.7 Å². The number of ether oxygens (including phenoxy) is 1. The number of pyridine rings is 2. The van der Waals surface area contributed by atoms with E-state index in [2.05, 4.69) is 25.1 Å². The van der Waals surface area contributed by atoms with Crippen molar-refractivity contribution >= 4 is 27.5 Å². The maximum absolute atomic E-state index is 10.8. The highest BCUT2D eigenvalue weighted by Crippen LogP contribution is 2.36. The molecular formula is C20H14N6O4. The zero-order valence-corrected chi connectivity index (χ0v) is 15.7. The van der Waals surface area contributed by atoms with Crippen molar-refractivity contribution in [2.75, 3.05) is 0 Å². The minimum atomic E-state index is -0.507. The topological polar surface area (TPSA) is 133 Å². The van der Waals surface area contributed by atoms with Gasteiger partial charge in [0.15, 0.2) is 5.82 Å². The number of aryl methyl sites for hydroxylation is 1. The molecule has 4 heterocycles. The van der Waals surface area contributed by atoms with Gasteiger partial charge < -0.3 is 14.2 Å². The van der Waals surface area contributed by atoms with E-state index in [4.69, 9.17) is 9.26 Å². The Morgan fingerprint density at radius 2 is 2.07 bits per heavy atom. The molecule has 0 aliphatic heterocycles. The summed E-state index contributed by atoms with van der Waals surface area (Å²) in [5.41, 5.74) is 2.12. The Kier molecular flexibility index (Phi) is 4.09. The summed E-state index contributed by atoms with van der Waals surface area (Å²) in [7, 11) is 0.